The average Bonchev–Trinajstić information content (AvgIpc) is 3.53. The summed E-state index contributed by atoms with van der Waals surface area (Å²) in [4.78, 5) is 33.9. The van der Waals surface area contributed by atoms with Gasteiger partial charge in [0.25, 0.3) is 14.0 Å². The summed E-state index contributed by atoms with van der Waals surface area (Å²) in [5, 5.41) is 21.0. The van der Waals surface area contributed by atoms with Crippen LogP contribution in [0.2, 0.25) is 18.1 Å². The number of hydrogen-bond acceptors (Lipinski definition) is 13. The molecule has 0 spiro atoms. The van der Waals surface area contributed by atoms with E-state index in [9.17, 15) is 14.9 Å². The number of oxime groups is 1. The minimum atomic E-state index is -2.40. The van der Waals surface area contributed by atoms with E-state index < -0.39 is 25.3 Å². The van der Waals surface area contributed by atoms with Crippen molar-refractivity contribution < 1.29 is 33.2 Å². The van der Waals surface area contributed by atoms with Crippen molar-refractivity contribution in [3.63, 3.8) is 0 Å². The summed E-state index contributed by atoms with van der Waals surface area (Å²) in [6, 6.07) is 7.66. The molecular formula is C32H41BrN4O8S2Si. The maximum atomic E-state index is 13.2. The van der Waals surface area contributed by atoms with Crippen LogP contribution in [0.1, 0.15) is 43.6 Å². The van der Waals surface area contributed by atoms with Gasteiger partial charge < -0.3 is 28.8 Å². The number of aromatic nitrogens is 1. The number of thioether (sulfide) groups is 1. The Morgan fingerprint density at radius 3 is 2.50 bits per heavy atom. The first kappa shape index (κ1) is 37.5. The van der Waals surface area contributed by atoms with Crippen LogP contribution in [0.4, 0.5) is 10.8 Å². The van der Waals surface area contributed by atoms with E-state index in [1.807, 2.05) is 11.4 Å². The Bertz CT molecular complexity index is 1650. The van der Waals surface area contributed by atoms with E-state index in [4.69, 9.17) is 28.5 Å². The third-order valence-electron chi connectivity index (χ3n) is 8.85. The molecule has 4 rings (SSSR count). The number of hydrogen-bond donors (Lipinski definition) is 1. The fraction of sp³-hybridized carbons (Fsp3) is 0.469. The second-order valence-electron chi connectivity index (χ2n) is 12.4. The molecule has 0 amide bonds. The van der Waals surface area contributed by atoms with Crippen LogP contribution in [0.3, 0.4) is 0 Å². The van der Waals surface area contributed by atoms with Gasteiger partial charge in [-0.15, -0.1) is 11.3 Å². The van der Waals surface area contributed by atoms with Gasteiger partial charge in [-0.25, -0.2) is 9.78 Å². The first-order valence-corrected chi connectivity index (χ1v) is 21.0. The van der Waals surface area contributed by atoms with Gasteiger partial charge in [-0.3, -0.25) is 10.1 Å². The monoisotopic (exact) mass is 780 g/mol. The summed E-state index contributed by atoms with van der Waals surface area (Å²) in [6.45, 7) is 13.9. The molecule has 1 aliphatic rings. The highest BCUT2D eigenvalue weighted by molar-refractivity contribution is 9.10. The number of carbonyl (C=O) groups excluding carboxylic acids is 1. The highest BCUT2D eigenvalue weighted by Crippen LogP contribution is 2.47. The van der Waals surface area contributed by atoms with Crippen molar-refractivity contribution in [2.75, 3.05) is 38.5 Å². The number of nitro groups is 1. The number of thiazole rings is 1. The summed E-state index contributed by atoms with van der Waals surface area (Å²) < 4.78 is 24.1. The maximum Gasteiger partial charge on any atom is 0.339 e. The van der Waals surface area contributed by atoms with Gasteiger partial charge in [0.2, 0.25) is 5.90 Å². The highest BCUT2D eigenvalue weighted by atomic mass is 79.9. The van der Waals surface area contributed by atoms with Crippen molar-refractivity contribution >= 4 is 70.0 Å². The number of nitro benzene ring substituents is 1. The Hall–Kier alpha value is -3.34. The fourth-order valence-electron chi connectivity index (χ4n) is 4.76. The van der Waals surface area contributed by atoms with E-state index in [1.54, 1.807) is 31.0 Å². The van der Waals surface area contributed by atoms with E-state index >= 15 is 0 Å². The van der Waals surface area contributed by atoms with Crippen LogP contribution < -0.4 is 14.5 Å². The molecule has 0 fully saturated rings. The predicted octanol–water partition coefficient (Wildman–Crippen LogP) is 8.37. The third-order valence-corrected chi connectivity index (χ3v) is 15.9. The lowest BCUT2D eigenvalue weighted by atomic mass is 9.99. The zero-order valence-corrected chi connectivity index (χ0v) is 32.5. The lowest BCUT2D eigenvalue weighted by molar-refractivity contribution is -0.384. The van der Waals surface area contributed by atoms with Crippen molar-refractivity contribution in [2.24, 2.45) is 11.1 Å². The molecule has 260 valence electrons. The SMILES string of the molecule is COC(=O)c1c(Br)c(OC)cc(O[Si](C)(C)C(C)(C)C(C)C)c1CSC[C@H](Nc1nc(-c2ccc([N+](=O)[O-])cc2)cs1)C1=NOCCO1. The van der Waals surface area contributed by atoms with Crippen LogP contribution in [-0.4, -0.2) is 69.3 Å². The van der Waals surface area contributed by atoms with Crippen molar-refractivity contribution in [1.29, 1.82) is 0 Å². The Morgan fingerprint density at radius 1 is 1.21 bits per heavy atom. The summed E-state index contributed by atoms with van der Waals surface area (Å²) in [6.07, 6.45) is 0. The number of ether oxygens (including phenoxy) is 3. The van der Waals surface area contributed by atoms with Crippen LogP contribution in [0.5, 0.6) is 11.5 Å². The number of non-ortho nitro benzene ring substituents is 1. The molecule has 2 heterocycles. The first-order valence-electron chi connectivity index (χ1n) is 15.2. The lowest BCUT2D eigenvalue weighted by Crippen LogP contribution is -2.48. The smallest absolute Gasteiger partial charge is 0.339 e. The van der Waals surface area contributed by atoms with Gasteiger partial charge in [0.1, 0.15) is 24.1 Å². The Labute approximate surface area is 298 Å². The Morgan fingerprint density at radius 2 is 1.92 bits per heavy atom. The Kier molecular flexibility index (Phi) is 12.4. The standard InChI is InChI=1S/C32H41BrN4O8S2Si/c1-19(2)32(3,4)48(7,8)45-25-15-26(41-5)28(33)27(30(38)42-6)22(25)16-46-17-24(29-36-44-14-13-43-29)35-31-34-23(18-47-31)20-9-11-21(12-10-20)37(39)40/h9-12,15,18-19,24H,13-14,16-17H2,1-8H3,(H,34,35)/t24-/m0/s1. The van der Waals surface area contributed by atoms with E-state index in [-0.39, 0.29) is 10.7 Å². The number of esters is 1. The van der Waals surface area contributed by atoms with Crippen molar-refractivity contribution in [3.05, 3.63) is 61.4 Å². The number of anilines is 1. The number of halogens is 1. The molecule has 3 aromatic rings. The summed E-state index contributed by atoms with van der Waals surface area (Å²) in [7, 11) is 0.500. The third kappa shape index (κ3) is 8.44. The first-order chi connectivity index (χ1) is 22.7. The molecule has 0 unspecified atom stereocenters. The zero-order valence-electron chi connectivity index (χ0n) is 28.2. The molecule has 0 aliphatic carbocycles. The molecule has 12 nitrogen and oxygen atoms in total. The molecule has 0 saturated heterocycles. The van der Waals surface area contributed by atoms with Crippen molar-refractivity contribution in [2.45, 2.75) is 57.6 Å². The van der Waals surface area contributed by atoms with Crippen LogP contribution in [0.25, 0.3) is 11.3 Å². The number of nitrogens with one attached hydrogen (secondary N) is 1. The average molecular weight is 782 g/mol. The molecule has 1 aliphatic heterocycles. The second kappa shape index (κ2) is 15.9. The molecule has 2 aromatic carbocycles. The largest absolute Gasteiger partial charge is 0.543 e. The minimum Gasteiger partial charge on any atom is -0.543 e. The van der Waals surface area contributed by atoms with Gasteiger partial charge in [-0.1, -0.05) is 27.7 Å². The predicted molar refractivity (Wildman–Crippen MR) is 196 cm³/mol. The summed E-state index contributed by atoms with van der Waals surface area (Å²) >= 11 is 6.53. The minimum absolute atomic E-state index is 0.0132. The molecule has 0 bridgehead atoms. The van der Waals surface area contributed by atoms with Crippen LogP contribution in [0.15, 0.2) is 45.3 Å². The summed E-state index contributed by atoms with van der Waals surface area (Å²) in [5.41, 5.74) is 2.48. The van der Waals surface area contributed by atoms with Crippen molar-refractivity contribution in [1.82, 2.24) is 4.98 Å². The number of rotatable bonds is 15. The molecule has 16 heteroatoms. The van der Waals surface area contributed by atoms with Gasteiger partial charge in [-0.2, -0.15) is 11.8 Å². The van der Waals surface area contributed by atoms with Gasteiger partial charge >= 0.3 is 5.97 Å². The number of carbonyl (C=O) groups is 1. The molecule has 1 atom stereocenters. The van der Waals surface area contributed by atoms with Gasteiger partial charge in [0, 0.05) is 46.2 Å². The number of methoxy groups -OCH3 is 2. The topological polar surface area (TPSA) is 144 Å². The molecule has 48 heavy (non-hydrogen) atoms. The zero-order chi connectivity index (χ0) is 35.2. The fourth-order valence-corrected chi connectivity index (χ4v) is 9.67. The Balaban J connectivity index is 1.63. The van der Waals surface area contributed by atoms with Crippen LogP contribution in [0, 0.1) is 16.0 Å². The van der Waals surface area contributed by atoms with E-state index in [2.05, 4.69) is 67.2 Å². The number of benzene rings is 2. The van der Waals surface area contributed by atoms with E-state index in [0.717, 1.165) is 5.56 Å². The molecule has 0 saturated carbocycles. The molecule has 1 N–H and O–H groups in total. The highest BCUT2D eigenvalue weighted by Gasteiger charge is 2.45. The summed E-state index contributed by atoms with van der Waals surface area (Å²) in [5.74, 6) is 2.17. The van der Waals surface area contributed by atoms with Crippen LogP contribution in [-0.2, 0) is 20.1 Å². The maximum absolute atomic E-state index is 13.2. The normalized spacial score (nSPS) is 14.0. The van der Waals surface area contributed by atoms with Gasteiger partial charge in [0.05, 0.1) is 34.9 Å². The van der Waals surface area contributed by atoms with Crippen molar-refractivity contribution in [3.8, 4) is 22.8 Å². The number of nitrogens with zero attached hydrogens (tertiary/aromatic N) is 3. The van der Waals surface area contributed by atoms with Gasteiger partial charge in [0.15, 0.2) is 11.7 Å². The molecule has 0 radical (unpaired) electrons. The molecular weight excluding hydrogens is 740 g/mol. The van der Waals surface area contributed by atoms with E-state index in [0.29, 0.717) is 74.5 Å². The van der Waals surface area contributed by atoms with E-state index in [1.165, 1.54) is 30.6 Å². The van der Waals surface area contributed by atoms with Crippen LogP contribution >= 0.6 is 39.0 Å². The quantitative estimate of drug-likeness (QED) is 0.0688. The second-order valence-corrected chi connectivity index (χ2v) is 19.6. The lowest BCUT2D eigenvalue weighted by Gasteiger charge is -2.43. The van der Waals surface area contributed by atoms with Gasteiger partial charge in [-0.05, 0) is 57.3 Å². The molecule has 1 aromatic heterocycles.